The smallest absolute Gasteiger partial charge is 0.253 e. The van der Waals surface area contributed by atoms with Crippen LogP contribution in [0.15, 0.2) is 30.3 Å². The number of piperazine rings is 1. The van der Waals surface area contributed by atoms with E-state index in [1.165, 1.54) is 24.8 Å². The molecule has 0 spiro atoms. The Morgan fingerprint density at radius 3 is 2.34 bits per heavy atom. The third-order valence-corrected chi connectivity index (χ3v) is 6.11. The SMILES string of the molecule is Cc1ccc(C(=O)N2CCN(c3ccc(OC4CCCCC4)nn3)CC2)cc1C. The van der Waals surface area contributed by atoms with Gasteiger partial charge in [-0.25, -0.2) is 0 Å². The van der Waals surface area contributed by atoms with E-state index in [1.807, 2.05) is 42.2 Å². The molecule has 1 aromatic heterocycles. The van der Waals surface area contributed by atoms with E-state index in [2.05, 4.69) is 22.0 Å². The summed E-state index contributed by atoms with van der Waals surface area (Å²) in [5.74, 6) is 1.57. The van der Waals surface area contributed by atoms with Gasteiger partial charge in [-0.15, -0.1) is 10.2 Å². The molecule has 1 saturated carbocycles. The summed E-state index contributed by atoms with van der Waals surface area (Å²) in [6.07, 6.45) is 6.29. The van der Waals surface area contributed by atoms with Crippen LogP contribution in [0.2, 0.25) is 0 Å². The molecule has 6 heteroatoms. The number of aromatic nitrogens is 2. The van der Waals surface area contributed by atoms with E-state index in [0.717, 1.165) is 42.9 Å². The van der Waals surface area contributed by atoms with Crippen LogP contribution in [-0.4, -0.2) is 53.3 Å². The molecule has 1 aliphatic carbocycles. The Bertz CT molecular complexity index is 838. The lowest BCUT2D eigenvalue weighted by Gasteiger charge is -2.35. The minimum atomic E-state index is 0.107. The fourth-order valence-corrected chi connectivity index (χ4v) is 4.09. The maximum absolute atomic E-state index is 12.8. The molecule has 1 amide bonds. The van der Waals surface area contributed by atoms with Crippen LogP contribution in [0, 0.1) is 13.8 Å². The predicted octanol–water partition coefficient (Wildman–Crippen LogP) is 3.77. The molecule has 0 N–H and O–H groups in total. The van der Waals surface area contributed by atoms with Crippen molar-refractivity contribution in [2.75, 3.05) is 31.1 Å². The van der Waals surface area contributed by atoms with Crippen LogP contribution < -0.4 is 9.64 Å². The Morgan fingerprint density at radius 1 is 0.931 bits per heavy atom. The molecule has 4 rings (SSSR count). The third-order valence-electron chi connectivity index (χ3n) is 6.11. The molecular weight excluding hydrogens is 364 g/mol. The average Bonchev–Trinajstić information content (AvgIpc) is 2.77. The highest BCUT2D eigenvalue weighted by atomic mass is 16.5. The second-order valence-corrected chi connectivity index (χ2v) is 8.19. The minimum absolute atomic E-state index is 0.107. The highest BCUT2D eigenvalue weighted by Crippen LogP contribution is 2.23. The third kappa shape index (κ3) is 4.69. The zero-order chi connectivity index (χ0) is 20.2. The van der Waals surface area contributed by atoms with Gasteiger partial charge in [0.05, 0.1) is 0 Å². The number of carbonyl (C=O) groups is 1. The van der Waals surface area contributed by atoms with Crippen molar-refractivity contribution in [1.29, 1.82) is 0 Å². The lowest BCUT2D eigenvalue weighted by Crippen LogP contribution is -2.49. The van der Waals surface area contributed by atoms with Gasteiger partial charge in [-0.2, -0.15) is 0 Å². The van der Waals surface area contributed by atoms with Crippen LogP contribution in [0.4, 0.5) is 5.82 Å². The molecule has 1 saturated heterocycles. The molecular formula is C23H30N4O2. The lowest BCUT2D eigenvalue weighted by atomic mass is 9.98. The van der Waals surface area contributed by atoms with Crippen LogP contribution in [0.1, 0.15) is 53.6 Å². The van der Waals surface area contributed by atoms with Crippen molar-refractivity contribution >= 4 is 11.7 Å². The highest BCUT2D eigenvalue weighted by Gasteiger charge is 2.23. The largest absolute Gasteiger partial charge is 0.473 e. The first-order chi connectivity index (χ1) is 14.1. The number of anilines is 1. The predicted molar refractivity (Wildman–Crippen MR) is 114 cm³/mol. The summed E-state index contributed by atoms with van der Waals surface area (Å²) in [6.45, 7) is 7.00. The van der Waals surface area contributed by atoms with Crippen LogP contribution in [0.3, 0.4) is 0 Å². The topological polar surface area (TPSA) is 58.6 Å². The van der Waals surface area contributed by atoms with E-state index in [-0.39, 0.29) is 12.0 Å². The Hall–Kier alpha value is -2.63. The monoisotopic (exact) mass is 394 g/mol. The molecule has 6 nitrogen and oxygen atoms in total. The van der Waals surface area contributed by atoms with Crippen molar-refractivity contribution in [3.63, 3.8) is 0 Å². The van der Waals surface area contributed by atoms with Gasteiger partial charge in [0.2, 0.25) is 5.88 Å². The van der Waals surface area contributed by atoms with Crippen molar-refractivity contribution in [1.82, 2.24) is 15.1 Å². The van der Waals surface area contributed by atoms with Gasteiger partial charge in [0.25, 0.3) is 5.91 Å². The molecule has 0 radical (unpaired) electrons. The molecule has 2 aromatic rings. The number of amides is 1. The number of hydrogen-bond acceptors (Lipinski definition) is 5. The number of carbonyl (C=O) groups excluding carboxylic acids is 1. The maximum Gasteiger partial charge on any atom is 0.253 e. The van der Waals surface area contributed by atoms with Crippen molar-refractivity contribution in [2.45, 2.75) is 52.1 Å². The summed E-state index contributed by atoms with van der Waals surface area (Å²) >= 11 is 0. The Balaban J connectivity index is 1.32. The molecule has 29 heavy (non-hydrogen) atoms. The summed E-state index contributed by atoms with van der Waals surface area (Å²) < 4.78 is 5.97. The summed E-state index contributed by atoms with van der Waals surface area (Å²) in [5.41, 5.74) is 3.13. The molecule has 154 valence electrons. The summed E-state index contributed by atoms with van der Waals surface area (Å²) in [7, 11) is 0. The standard InChI is InChI=1S/C23H30N4O2/c1-17-8-9-19(16-18(17)2)23(28)27-14-12-26(13-15-27)21-10-11-22(25-24-21)29-20-6-4-3-5-7-20/h8-11,16,20H,3-7,12-15H2,1-2H3. The Labute approximate surface area is 172 Å². The van der Waals surface area contributed by atoms with Gasteiger partial charge >= 0.3 is 0 Å². The molecule has 0 bridgehead atoms. The van der Waals surface area contributed by atoms with E-state index in [1.54, 1.807) is 0 Å². The van der Waals surface area contributed by atoms with Crippen LogP contribution in [-0.2, 0) is 0 Å². The van der Waals surface area contributed by atoms with Crippen molar-refractivity contribution in [2.24, 2.45) is 0 Å². The Morgan fingerprint density at radius 2 is 1.69 bits per heavy atom. The van der Waals surface area contributed by atoms with Crippen LogP contribution >= 0.6 is 0 Å². The van der Waals surface area contributed by atoms with E-state index < -0.39 is 0 Å². The zero-order valence-electron chi connectivity index (χ0n) is 17.4. The first-order valence-electron chi connectivity index (χ1n) is 10.7. The van der Waals surface area contributed by atoms with Crippen molar-refractivity contribution in [3.05, 3.63) is 47.0 Å². The highest BCUT2D eigenvalue weighted by molar-refractivity contribution is 5.94. The fraction of sp³-hybridized carbons (Fsp3) is 0.522. The Kier molecular flexibility index (Phi) is 5.97. The molecule has 1 aromatic carbocycles. The molecule has 0 atom stereocenters. The maximum atomic E-state index is 12.8. The van der Waals surface area contributed by atoms with E-state index in [4.69, 9.17) is 4.74 Å². The van der Waals surface area contributed by atoms with Crippen LogP contribution in [0.5, 0.6) is 5.88 Å². The van der Waals surface area contributed by atoms with Gasteiger partial charge < -0.3 is 14.5 Å². The van der Waals surface area contributed by atoms with Gasteiger partial charge in [-0.3, -0.25) is 4.79 Å². The second-order valence-electron chi connectivity index (χ2n) is 8.19. The summed E-state index contributed by atoms with van der Waals surface area (Å²) in [4.78, 5) is 16.9. The molecule has 2 fully saturated rings. The van der Waals surface area contributed by atoms with Gasteiger partial charge in [0, 0.05) is 37.8 Å². The fourth-order valence-electron chi connectivity index (χ4n) is 4.09. The number of rotatable bonds is 4. The minimum Gasteiger partial charge on any atom is -0.473 e. The van der Waals surface area contributed by atoms with E-state index in [9.17, 15) is 4.79 Å². The van der Waals surface area contributed by atoms with Crippen LogP contribution in [0.25, 0.3) is 0 Å². The number of aryl methyl sites for hydroxylation is 2. The molecule has 2 heterocycles. The molecule has 2 aliphatic rings. The second kappa shape index (κ2) is 8.80. The number of hydrogen-bond donors (Lipinski definition) is 0. The summed E-state index contributed by atoms with van der Waals surface area (Å²) in [6, 6.07) is 9.83. The van der Waals surface area contributed by atoms with Crippen molar-refractivity contribution < 1.29 is 9.53 Å². The van der Waals surface area contributed by atoms with Gasteiger partial charge in [0.15, 0.2) is 5.82 Å². The lowest BCUT2D eigenvalue weighted by molar-refractivity contribution is 0.0746. The van der Waals surface area contributed by atoms with Crippen molar-refractivity contribution in [3.8, 4) is 5.88 Å². The van der Waals surface area contributed by atoms with Gasteiger partial charge in [-0.05, 0) is 68.9 Å². The number of ether oxygens (including phenoxy) is 1. The summed E-state index contributed by atoms with van der Waals surface area (Å²) in [5, 5.41) is 8.64. The first kappa shape index (κ1) is 19.7. The normalized spacial score (nSPS) is 18.0. The number of benzene rings is 1. The first-order valence-corrected chi connectivity index (χ1v) is 10.7. The quantitative estimate of drug-likeness (QED) is 0.790. The molecule has 0 unspecified atom stereocenters. The molecule has 1 aliphatic heterocycles. The van der Waals surface area contributed by atoms with Gasteiger partial charge in [-0.1, -0.05) is 12.5 Å². The average molecular weight is 395 g/mol. The van der Waals surface area contributed by atoms with E-state index >= 15 is 0 Å². The van der Waals surface area contributed by atoms with E-state index in [0.29, 0.717) is 19.0 Å². The van der Waals surface area contributed by atoms with Gasteiger partial charge in [0.1, 0.15) is 6.10 Å². The number of nitrogens with zero attached hydrogens (tertiary/aromatic N) is 4. The zero-order valence-corrected chi connectivity index (χ0v) is 17.4.